The molecule has 30 heavy (non-hydrogen) atoms. The van der Waals surface area contributed by atoms with Gasteiger partial charge in [-0.05, 0) is 30.7 Å². The third kappa shape index (κ3) is 2.88. The van der Waals surface area contributed by atoms with E-state index in [1.165, 1.54) is 0 Å². The number of urea groups is 1. The Bertz CT molecular complexity index is 1200. The number of H-pyrrole nitrogens is 1. The number of carbonyl (C=O) groups excluding carboxylic acids is 3. The van der Waals surface area contributed by atoms with Gasteiger partial charge in [0, 0.05) is 29.1 Å². The number of Topliss-reactive ketones (excluding diaryl/α,β-unsaturated/α-hetero) is 1. The number of benzene rings is 2. The molecule has 0 unspecified atom stereocenters. The molecule has 1 atom stereocenters. The van der Waals surface area contributed by atoms with Crippen molar-refractivity contribution in [2.24, 2.45) is 0 Å². The summed E-state index contributed by atoms with van der Waals surface area (Å²) in [6.45, 7) is 1.51. The predicted octanol–water partition coefficient (Wildman–Crippen LogP) is 2.63. The summed E-state index contributed by atoms with van der Waals surface area (Å²) in [4.78, 5) is 42.5. The van der Waals surface area contributed by atoms with Crippen molar-refractivity contribution >= 4 is 28.6 Å². The van der Waals surface area contributed by atoms with Crippen LogP contribution in [0.1, 0.15) is 22.8 Å². The highest BCUT2D eigenvalue weighted by Gasteiger charge is 2.48. The zero-order chi connectivity index (χ0) is 20.9. The van der Waals surface area contributed by atoms with Crippen molar-refractivity contribution in [1.29, 1.82) is 0 Å². The molecule has 0 saturated carbocycles. The number of nitrogens with zero attached hydrogens (tertiary/aromatic N) is 1. The molecule has 3 aromatic rings. The lowest BCUT2D eigenvalue weighted by molar-refractivity contribution is -0.130. The van der Waals surface area contributed by atoms with Gasteiger partial charge >= 0.3 is 6.03 Å². The van der Waals surface area contributed by atoms with Gasteiger partial charge in [0.25, 0.3) is 5.91 Å². The zero-order valence-corrected chi connectivity index (χ0v) is 16.2. The van der Waals surface area contributed by atoms with E-state index in [0.717, 1.165) is 21.4 Å². The number of hydrogen-bond acceptors (Lipinski definition) is 5. The molecular formula is C22H19N3O5. The number of imide groups is 1. The smallest absolute Gasteiger partial charge is 0.325 e. The first-order valence-corrected chi connectivity index (χ1v) is 9.56. The minimum absolute atomic E-state index is 0.162. The molecule has 2 aromatic carbocycles. The first kappa shape index (κ1) is 18.2. The Hall–Kier alpha value is -3.81. The highest BCUT2D eigenvalue weighted by atomic mass is 16.7. The van der Waals surface area contributed by atoms with Crippen molar-refractivity contribution in [3.05, 3.63) is 59.8 Å². The molecule has 152 valence electrons. The molecule has 1 aromatic heterocycles. The Labute approximate surface area is 171 Å². The standard InChI is InChI=1S/C22H19N3O5/c1-22(9-13-6-7-18-19(8-13)30-12-29-18)20(27)25(21(28)24-22)11-17(26)15-10-23-16-5-3-2-4-14(15)16/h2-8,10,23H,9,11-12H2,1H3,(H,24,28)/t22-/m1/s1. The van der Waals surface area contributed by atoms with Crippen molar-refractivity contribution in [2.75, 3.05) is 13.3 Å². The fraction of sp³-hybridized carbons (Fsp3) is 0.227. The van der Waals surface area contributed by atoms with Crippen LogP contribution < -0.4 is 14.8 Å². The van der Waals surface area contributed by atoms with Crippen LogP contribution in [-0.4, -0.2) is 46.5 Å². The summed E-state index contributed by atoms with van der Waals surface area (Å²) in [6, 6.07) is 12.2. The molecule has 0 spiro atoms. The second kappa shape index (κ2) is 6.62. The van der Waals surface area contributed by atoms with E-state index < -0.39 is 17.5 Å². The Morgan fingerprint density at radius 2 is 1.93 bits per heavy atom. The van der Waals surface area contributed by atoms with Gasteiger partial charge in [-0.3, -0.25) is 14.5 Å². The van der Waals surface area contributed by atoms with Gasteiger partial charge in [0.2, 0.25) is 6.79 Å². The average Bonchev–Trinajstić information content (AvgIpc) is 3.41. The van der Waals surface area contributed by atoms with E-state index in [9.17, 15) is 14.4 Å². The molecule has 0 bridgehead atoms. The maximum Gasteiger partial charge on any atom is 0.325 e. The zero-order valence-electron chi connectivity index (χ0n) is 16.2. The number of carbonyl (C=O) groups is 3. The second-order valence-corrected chi connectivity index (χ2v) is 7.69. The maximum absolute atomic E-state index is 13.1. The van der Waals surface area contributed by atoms with Crippen LogP contribution in [0.15, 0.2) is 48.7 Å². The third-order valence-electron chi connectivity index (χ3n) is 5.53. The Morgan fingerprint density at radius 1 is 1.13 bits per heavy atom. The summed E-state index contributed by atoms with van der Waals surface area (Å²) in [5.41, 5.74) is 0.951. The average molecular weight is 405 g/mol. The molecular weight excluding hydrogens is 386 g/mol. The number of rotatable bonds is 5. The lowest BCUT2D eigenvalue weighted by Gasteiger charge is -2.21. The highest BCUT2D eigenvalue weighted by molar-refractivity contribution is 6.14. The number of nitrogens with one attached hydrogen (secondary N) is 2. The van der Waals surface area contributed by atoms with E-state index in [-0.39, 0.29) is 25.5 Å². The van der Waals surface area contributed by atoms with Gasteiger partial charge < -0.3 is 19.8 Å². The summed E-state index contributed by atoms with van der Waals surface area (Å²) in [5, 5.41) is 3.50. The number of aromatic nitrogens is 1. The predicted molar refractivity (Wildman–Crippen MR) is 108 cm³/mol. The molecule has 3 amide bonds. The van der Waals surface area contributed by atoms with Crippen molar-refractivity contribution in [1.82, 2.24) is 15.2 Å². The Balaban J connectivity index is 1.35. The SMILES string of the molecule is C[C@]1(Cc2ccc3c(c2)OCO3)NC(=O)N(CC(=O)c2c[nH]c3ccccc23)C1=O. The van der Waals surface area contributed by atoms with Crippen molar-refractivity contribution in [3.8, 4) is 11.5 Å². The van der Waals surface area contributed by atoms with Crippen LogP contribution in [0.3, 0.4) is 0 Å². The van der Waals surface area contributed by atoms with Crippen molar-refractivity contribution in [3.63, 3.8) is 0 Å². The minimum Gasteiger partial charge on any atom is -0.454 e. The van der Waals surface area contributed by atoms with Crippen LogP contribution >= 0.6 is 0 Å². The number of hydrogen-bond donors (Lipinski definition) is 2. The van der Waals surface area contributed by atoms with E-state index in [1.807, 2.05) is 30.3 Å². The van der Waals surface area contributed by atoms with Gasteiger partial charge in [0.15, 0.2) is 17.3 Å². The second-order valence-electron chi connectivity index (χ2n) is 7.69. The number of amides is 3. The highest BCUT2D eigenvalue weighted by Crippen LogP contribution is 2.34. The van der Waals surface area contributed by atoms with Gasteiger partial charge in [-0.2, -0.15) is 0 Å². The number of fused-ring (bicyclic) bond motifs is 2. The van der Waals surface area contributed by atoms with Crippen LogP contribution in [0.25, 0.3) is 10.9 Å². The summed E-state index contributed by atoms with van der Waals surface area (Å²) in [5.74, 6) is 0.525. The van der Waals surface area contributed by atoms with Crippen molar-refractivity contribution < 1.29 is 23.9 Å². The van der Waals surface area contributed by atoms with Crippen LogP contribution in [0.4, 0.5) is 4.79 Å². The molecule has 0 aliphatic carbocycles. The summed E-state index contributed by atoms with van der Waals surface area (Å²) in [7, 11) is 0. The quantitative estimate of drug-likeness (QED) is 0.502. The van der Waals surface area contributed by atoms with Crippen LogP contribution in [0.5, 0.6) is 11.5 Å². The van der Waals surface area contributed by atoms with E-state index in [1.54, 1.807) is 25.3 Å². The van der Waals surface area contributed by atoms with Gasteiger partial charge in [-0.15, -0.1) is 0 Å². The van der Waals surface area contributed by atoms with Crippen LogP contribution in [0, 0.1) is 0 Å². The van der Waals surface area contributed by atoms with Crippen LogP contribution in [-0.2, 0) is 11.2 Å². The van der Waals surface area contributed by atoms with Crippen LogP contribution in [0.2, 0.25) is 0 Å². The van der Waals surface area contributed by atoms with E-state index >= 15 is 0 Å². The van der Waals surface area contributed by atoms with E-state index in [4.69, 9.17) is 9.47 Å². The Kier molecular flexibility index (Phi) is 4.02. The fourth-order valence-electron chi connectivity index (χ4n) is 4.00. The lowest BCUT2D eigenvalue weighted by Crippen LogP contribution is -2.46. The molecule has 2 N–H and O–H groups in total. The summed E-state index contributed by atoms with van der Waals surface area (Å²) in [6.07, 6.45) is 1.88. The van der Waals surface area contributed by atoms with Gasteiger partial charge in [-0.25, -0.2) is 4.79 Å². The van der Waals surface area contributed by atoms with E-state index in [2.05, 4.69) is 10.3 Å². The summed E-state index contributed by atoms with van der Waals surface area (Å²) >= 11 is 0. The minimum atomic E-state index is -1.15. The first-order valence-electron chi connectivity index (χ1n) is 9.56. The molecule has 5 rings (SSSR count). The normalized spacial score (nSPS) is 20.1. The first-order chi connectivity index (χ1) is 14.4. The molecule has 2 aliphatic heterocycles. The number of ketones is 1. The van der Waals surface area contributed by atoms with Gasteiger partial charge in [0.1, 0.15) is 5.54 Å². The fourth-order valence-corrected chi connectivity index (χ4v) is 4.00. The monoisotopic (exact) mass is 405 g/mol. The van der Waals surface area contributed by atoms with Crippen molar-refractivity contribution in [2.45, 2.75) is 18.9 Å². The summed E-state index contributed by atoms with van der Waals surface area (Å²) < 4.78 is 10.7. The topological polar surface area (TPSA) is 101 Å². The largest absolute Gasteiger partial charge is 0.454 e. The number of para-hydroxylation sites is 1. The molecule has 8 nitrogen and oxygen atoms in total. The molecule has 1 fully saturated rings. The molecule has 8 heteroatoms. The van der Waals surface area contributed by atoms with Gasteiger partial charge in [0.05, 0.1) is 6.54 Å². The molecule has 2 aliphatic rings. The third-order valence-corrected chi connectivity index (χ3v) is 5.53. The lowest BCUT2D eigenvalue weighted by atomic mass is 9.92. The van der Waals surface area contributed by atoms with E-state index in [0.29, 0.717) is 17.1 Å². The van der Waals surface area contributed by atoms with Gasteiger partial charge in [-0.1, -0.05) is 24.3 Å². The molecule has 3 heterocycles. The number of aromatic amines is 1. The molecule has 1 saturated heterocycles. The number of ether oxygens (including phenoxy) is 2. The molecule has 0 radical (unpaired) electrons. The maximum atomic E-state index is 13.1. The Morgan fingerprint density at radius 3 is 2.80 bits per heavy atom.